The predicted molar refractivity (Wildman–Crippen MR) is 58.5 cm³/mol. The largest absolute Gasteiger partial charge is 0.376 e. The topological polar surface area (TPSA) is 38.3 Å². The van der Waals surface area contributed by atoms with E-state index in [1.165, 1.54) is 0 Å². The Hall–Kier alpha value is -0.410. The Bertz CT molecular complexity index is 152. The molecule has 3 nitrogen and oxygen atoms in total. The van der Waals surface area contributed by atoms with E-state index in [0.717, 1.165) is 32.2 Å². The first-order chi connectivity index (χ1) is 6.49. The molecule has 0 saturated carbocycles. The van der Waals surface area contributed by atoms with E-state index in [4.69, 9.17) is 4.74 Å². The van der Waals surface area contributed by atoms with Gasteiger partial charge in [0.25, 0.3) is 0 Å². The zero-order valence-corrected chi connectivity index (χ0v) is 9.80. The molecule has 0 spiro atoms. The highest BCUT2D eigenvalue weighted by Crippen LogP contribution is 2.08. The van der Waals surface area contributed by atoms with Crippen molar-refractivity contribution < 1.29 is 9.53 Å². The van der Waals surface area contributed by atoms with Crippen LogP contribution in [0.2, 0.25) is 0 Å². The van der Waals surface area contributed by atoms with Crippen molar-refractivity contribution in [1.82, 2.24) is 5.32 Å². The maximum Gasteiger partial charge on any atom is 0.136 e. The molecule has 0 amide bonds. The molecule has 0 heterocycles. The van der Waals surface area contributed by atoms with Crippen molar-refractivity contribution in [1.29, 1.82) is 0 Å². The van der Waals surface area contributed by atoms with Crippen LogP contribution in [-0.4, -0.2) is 31.6 Å². The fraction of sp³-hybridized carbons (Fsp3) is 0.909. The number of likely N-dealkylation sites (N-methyl/N-ethyl adjacent to an activating group) is 1. The molecule has 14 heavy (non-hydrogen) atoms. The molecule has 0 radical (unpaired) electrons. The van der Waals surface area contributed by atoms with Crippen LogP contribution in [-0.2, 0) is 9.53 Å². The highest BCUT2D eigenvalue weighted by molar-refractivity contribution is 5.57. The quantitative estimate of drug-likeness (QED) is 0.504. The predicted octanol–water partition coefficient (Wildman–Crippen LogP) is 1.76. The number of carbonyl (C=O) groups is 1. The van der Waals surface area contributed by atoms with Crippen LogP contribution >= 0.6 is 0 Å². The zero-order chi connectivity index (χ0) is 11.0. The summed E-state index contributed by atoms with van der Waals surface area (Å²) in [5.74, 6) is 0. The van der Waals surface area contributed by atoms with Crippen molar-refractivity contribution in [2.75, 3.05) is 13.7 Å². The molecule has 0 aliphatic heterocycles. The Morgan fingerprint density at radius 1 is 1.36 bits per heavy atom. The van der Waals surface area contributed by atoms with E-state index < -0.39 is 0 Å². The van der Waals surface area contributed by atoms with E-state index in [9.17, 15) is 4.79 Å². The van der Waals surface area contributed by atoms with Gasteiger partial charge in [0.1, 0.15) is 6.29 Å². The summed E-state index contributed by atoms with van der Waals surface area (Å²) in [6.07, 6.45) is 3.90. The lowest BCUT2D eigenvalue weighted by molar-refractivity contribution is -0.109. The summed E-state index contributed by atoms with van der Waals surface area (Å²) in [6.45, 7) is 6.93. The highest BCUT2D eigenvalue weighted by Gasteiger charge is 2.09. The number of rotatable bonds is 7. The van der Waals surface area contributed by atoms with Gasteiger partial charge in [-0.05, 0) is 47.1 Å². The standard InChI is InChI=1S/C11H23NO2/c1-11(2,3)14-8-6-5-7-10(9-13)12-4/h9-10,12H,5-8H2,1-4H3. The summed E-state index contributed by atoms with van der Waals surface area (Å²) in [7, 11) is 1.81. The van der Waals surface area contributed by atoms with Crippen LogP contribution in [0.25, 0.3) is 0 Å². The molecule has 1 N–H and O–H groups in total. The average molecular weight is 201 g/mol. The van der Waals surface area contributed by atoms with Crippen molar-refractivity contribution in [3.8, 4) is 0 Å². The van der Waals surface area contributed by atoms with E-state index >= 15 is 0 Å². The van der Waals surface area contributed by atoms with Crippen molar-refractivity contribution >= 4 is 6.29 Å². The average Bonchev–Trinajstić information content (AvgIpc) is 2.09. The molecule has 0 aromatic rings. The molecular formula is C11H23NO2. The molecule has 1 atom stereocenters. The molecule has 0 rings (SSSR count). The first-order valence-corrected chi connectivity index (χ1v) is 5.26. The van der Waals surface area contributed by atoms with Gasteiger partial charge in [0.15, 0.2) is 0 Å². The minimum Gasteiger partial charge on any atom is -0.376 e. The fourth-order valence-electron chi connectivity index (χ4n) is 1.13. The van der Waals surface area contributed by atoms with Crippen LogP contribution in [0.3, 0.4) is 0 Å². The second-order valence-electron chi connectivity index (χ2n) is 4.49. The van der Waals surface area contributed by atoms with E-state index in [0.29, 0.717) is 0 Å². The second kappa shape index (κ2) is 6.96. The molecule has 1 unspecified atom stereocenters. The Morgan fingerprint density at radius 3 is 2.43 bits per heavy atom. The summed E-state index contributed by atoms with van der Waals surface area (Å²) < 4.78 is 5.57. The third kappa shape index (κ3) is 8.20. The molecule has 0 aliphatic rings. The summed E-state index contributed by atoms with van der Waals surface area (Å²) in [4.78, 5) is 10.5. The molecule has 0 aromatic carbocycles. The molecule has 0 saturated heterocycles. The van der Waals surface area contributed by atoms with Gasteiger partial charge in [0, 0.05) is 6.61 Å². The highest BCUT2D eigenvalue weighted by atomic mass is 16.5. The normalized spacial score (nSPS) is 14.0. The Labute approximate surface area is 87.2 Å². The maximum atomic E-state index is 10.5. The van der Waals surface area contributed by atoms with Crippen molar-refractivity contribution in [2.24, 2.45) is 0 Å². The van der Waals surface area contributed by atoms with E-state index in [-0.39, 0.29) is 11.6 Å². The lowest BCUT2D eigenvalue weighted by Gasteiger charge is -2.19. The van der Waals surface area contributed by atoms with E-state index in [1.54, 1.807) is 0 Å². The number of aldehydes is 1. The summed E-state index contributed by atoms with van der Waals surface area (Å²) in [6, 6.07) is 0.00429. The Balaban J connectivity index is 3.33. The molecular weight excluding hydrogens is 178 g/mol. The molecule has 0 aliphatic carbocycles. The number of hydrogen-bond donors (Lipinski definition) is 1. The summed E-state index contributed by atoms with van der Waals surface area (Å²) >= 11 is 0. The van der Waals surface area contributed by atoms with Gasteiger partial charge in [-0.25, -0.2) is 0 Å². The van der Waals surface area contributed by atoms with E-state index in [2.05, 4.69) is 26.1 Å². The van der Waals surface area contributed by atoms with Gasteiger partial charge in [-0.15, -0.1) is 0 Å². The van der Waals surface area contributed by atoms with Gasteiger partial charge in [-0.1, -0.05) is 0 Å². The monoisotopic (exact) mass is 201 g/mol. The number of hydrogen-bond acceptors (Lipinski definition) is 3. The van der Waals surface area contributed by atoms with Crippen LogP contribution in [0.4, 0.5) is 0 Å². The minimum atomic E-state index is -0.0485. The molecule has 0 fully saturated rings. The van der Waals surface area contributed by atoms with Gasteiger partial charge >= 0.3 is 0 Å². The third-order valence-corrected chi connectivity index (χ3v) is 1.98. The number of unbranched alkanes of at least 4 members (excludes halogenated alkanes) is 1. The smallest absolute Gasteiger partial charge is 0.136 e. The van der Waals surface area contributed by atoms with Gasteiger partial charge in [0.05, 0.1) is 11.6 Å². The Kier molecular flexibility index (Phi) is 6.75. The van der Waals surface area contributed by atoms with Crippen LogP contribution in [0.5, 0.6) is 0 Å². The lowest BCUT2D eigenvalue weighted by atomic mass is 10.1. The SMILES string of the molecule is CNC(C=O)CCCCOC(C)(C)C. The molecule has 0 bridgehead atoms. The second-order valence-corrected chi connectivity index (χ2v) is 4.49. The van der Waals surface area contributed by atoms with E-state index in [1.807, 2.05) is 7.05 Å². The molecule has 0 aromatic heterocycles. The van der Waals surface area contributed by atoms with Crippen molar-refractivity contribution in [3.63, 3.8) is 0 Å². The summed E-state index contributed by atoms with van der Waals surface area (Å²) in [5.41, 5.74) is -0.0485. The summed E-state index contributed by atoms with van der Waals surface area (Å²) in [5, 5.41) is 2.95. The minimum absolute atomic E-state index is 0.00429. The van der Waals surface area contributed by atoms with Gasteiger partial charge in [-0.2, -0.15) is 0 Å². The Morgan fingerprint density at radius 2 is 2.00 bits per heavy atom. The first kappa shape index (κ1) is 13.6. The first-order valence-electron chi connectivity index (χ1n) is 5.26. The third-order valence-electron chi connectivity index (χ3n) is 1.98. The van der Waals surface area contributed by atoms with Crippen LogP contribution < -0.4 is 5.32 Å². The lowest BCUT2D eigenvalue weighted by Crippen LogP contribution is -2.26. The van der Waals surface area contributed by atoms with Gasteiger partial charge in [0.2, 0.25) is 0 Å². The van der Waals surface area contributed by atoms with Crippen LogP contribution in [0.15, 0.2) is 0 Å². The zero-order valence-electron chi connectivity index (χ0n) is 9.80. The van der Waals surface area contributed by atoms with Crippen LogP contribution in [0, 0.1) is 0 Å². The maximum absolute atomic E-state index is 10.5. The molecule has 3 heteroatoms. The van der Waals surface area contributed by atoms with Gasteiger partial charge < -0.3 is 14.8 Å². The number of ether oxygens (including phenoxy) is 1. The van der Waals surface area contributed by atoms with Crippen LogP contribution in [0.1, 0.15) is 40.0 Å². The fourth-order valence-corrected chi connectivity index (χ4v) is 1.13. The number of nitrogens with one attached hydrogen (secondary N) is 1. The van der Waals surface area contributed by atoms with Crippen molar-refractivity contribution in [3.05, 3.63) is 0 Å². The van der Waals surface area contributed by atoms with Crippen molar-refractivity contribution in [2.45, 2.75) is 51.7 Å². The number of carbonyl (C=O) groups excluding carboxylic acids is 1. The van der Waals surface area contributed by atoms with Gasteiger partial charge in [-0.3, -0.25) is 0 Å². The molecule has 84 valence electrons.